The molecule has 29 heavy (non-hydrogen) atoms. The Labute approximate surface area is 169 Å². The van der Waals surface area contributed by atoms with Crippen molar-refractivity contribution in [2.75, 3.05) is 24.8 Å². The van der Waals surface area contributed by atoms with Crippen molar-refractivity contribution in [3.63, 3.8) is 0 Å². The number of ether oxygens (including phenoxy) is 3. The van der Waals surface area contributed by atoms with Crippen LogP contribution in [-0.4, -0.2) is 37.7 Å². The molecule has 0 spiro atoms. The Hall–Kier alpha value is -3.33. The number of carbonyl (C=O) groups excluding carboxylic acids is 3. The molecule has 10 heteroatoms. The molecule has 0 saturated heterocycles. The summed E-state index contributed by atoms with van der Waals surface area (Å²) in [5, 5.41) is 0.174. The van der Waals surface area contributed by atoms with Gasteiger partial charge in [-0.25, -0.2) is 9.18 Å². The molecule has 2 aromatic carbocycles. The van der Waals surface area contributed by atoms with E-state index in [1.807, 2.05) is 0 Å². The molecule has 8 nitrogen and oxygen atoms in total. The third-order valence-corrected chi connectivity index (χ3v) is 4.29. The highest BCUT2D eigenvalue weighted by molar-refractivity contribution is 6.32. The first-order valence-corrected chi connectivity index (χ1v) is 8.83. The summed E-state index contributed by atoms with van der Waals surface area (Å²) in [5.41, 5.74) is 5.56. The number of hydrogen-bond donors (Lipinski definition) is 1. The highest BCUT2D eigenvalue weighted by Gasteiger charge is 2.23. The van der Waals surface area contributed by atoms with Crippen LogP contribution in [0.15, 0.2) is 36.4 Å². The number of fused-ring (bicyclic) bond motifs is 1. The van der Waals surface area contributed by atoms with E-state index in [2.05, 4.69) is 0 Å². The van der Waals surface area contributed by atoms with Crippen molar-refractivity contribution in [1.82, 2.24) is 0 Å². The molecular weight excluding hydrogens is 407 g/mol. The number of benzene rings is 2. The highest BCUT2D eigenvalue weighted by atomic mass is 35.5. The fraction of sp³-hybridized carbons (Fsp3) is 0.211. The van der Waals surface area contributed by atoms with E-state index in [1.165, 1.54) is 41.3 Å². The van der Waals surface area contributed by atoms with Gasteiger partial charge in [-0.2, -0.15) is 0 Å². The fourth-order valence-corrected chi connectivity index (χ4v) is 2.88. The lowest BCUT2D eigenvalue weighted by Crippen LogP contribution is -2.37. The first-order chi connectivity index (χ1) is 13.8. The van der Waals surface area contributed by atoms with Crippen LogP contribution in [-0.2, 0) is 14.3 Å². The number of esters is 1. The molecule has 0 unspecified atom stereocenters. The Morgan fingerprint density at radius 3 is 2.59 bits per heavy atom. The number of nitrogens with zero attached hydrogens (tertiary/aromatic N) is 1. The summed E-state index contributed by atoms with van der Waals surface area (Å²) in [7, 11) is 0. The number of nitrogens with two attached hydrogens (primary N) is 1. The van der Waals surface area contributed by atoms with Crippen LogP contribution in [0.3, 0.4) is 0 Å². The van der Waals surface area contributed by atoms with Crippen molar-refractivity contribution in [3.8, 4) is 11.5 Å². The minimum atomic E-state index is -0.799. The Kier molecular flexibility index (Phi) is 6.18. The molecule has 3 rings (SSSR count). The van der Waals surface area contributed by atoms with Crippen LogP contribution < -0.4 is 20.1 Å². The number of carbonyl (C=O) groups is 3. The van der Waals surface area contributed by atoms with Gasteiger partial charge in [0.25, 0.3) is 5.91 Å². The Morgan fingerprint density at radius 1 is 1.17 bits per heavy atom. The first kappa shape index (κ1) is 20.4. The maximum Gasteiger partial charge on any atom is 0.338 e. The quantitative estimate of drug-likeness (QED) is 0.686. The third-order valence-electron chi connectivity index (χ3n) is 4.01. The van der Waals surface area contributed by atoms with E-state index in [-0.39, 0.29) is 30.3 Å². The Bertz CT molecular complexity index is 950. The number of primary amides is 1. The van der Waals surface area contributed by atoms with E-state index in [0.717, 1.165) is 0 Å². The molecule has 0 fully saturated rings. The average molecular weight is 423 g/mol. The third kappa shape index (κ3) is 4.94. The number of rotatable bonds is 7. The molecule has 1 aliphatic heterocycles. The molecule has 2 N–H and O–H groups in total. The summed E-state index contributed by atoms with van der Waals surface area (Å²) in [6.07, 6.45) is -0.116. The van der Waals surface area contributed by atoms with Crippen LogP contribution in [0.1, 0.15) is 16.8 Å². The highest BCUT2D eigenvalue weighted by Crippen LogP contribution is 2.39. The van der Waals surface area contributed by atoms with Gasteiger partial charge in [0.1, 0.15) is 5.82 Å². The van der Waals surface area contributed by atoms with Crippen LogP contribution in [0.5, 0.6) is 11.5 Å². The van der Waals surface area contributed by atoms with Gasteiger partial charge in [0.15, 0.2) is 18.1 Å². The van der Waals surface area contributed by atoms with Crippen molar-refractivity contribution >= 4 is 35.1 Å². The van der Waals surface area contributed by atoms with Gasteiger partial charge in [-0.05, 0) is 36.4 Å². The zero-order valence-electron chi connectivity index (χ0n) is 15.0. The number of anilines is 1. The minimum absolute atomic E-state index is 0.0153. The molecule has 2 amide bonds. The summed E-state index contributed by atoms with van der Waals surface area (Å²) in [6, 6.07) is 7.81. The Balaban J connectivity index is 1.69. The normalized spacial score (nSPS) is 11.8. The molecule has 152 valence electrons. The SMILES string of the molecule is NC(=O)CCN(C(=O)COC(=O)c1cc(Cl)c2c(c1)OCO2)c1ccc(F)cc1. The van der Waals surface area contributed by atoms with Gasteiger partial charge in [0.05, 0.1) is 10.6 Å². The van der Waals surface area contributed by atoms with Gasteiger partial charge in [-0.15, -0.1) is 0 Å². The largest absolute Gasteiger partial charge is 0.454 e. The monoisotopic (exact) mass is 422 g/mol. The van der Waals surface area contributed by atoms with Crippen molar-refractivity contribution in [3.05, 3.63) is 52.8 Å². The molecule has 0 atom stereocenters. The smallest absolute Gasteiger partial charge is 0.338 e. The molecule has 1 heterocycles. The zero-order chi connectivity index (χ0) is 21.0. The van der Waals surface area contributed by atoms with Gasteiger partial charge in [0, 0.05) is 18.7 Å². The van der Waals surface area contributed by atoms with E-state index in [1.54, 1.807) is 0 Å². The van der Waals surface area contributed by atoms with Gasteiger partial charge in [0.2, 0.25) is 12.7 Å². The second kappa shape index (κ2) is 8.78. The maximum atomic E-state index is 13.2. The minimum Gasteiger partial charge on any atom is -0.454 e. The molecule has 2 aromatic rings. The molecule has 0 saturated carbocycles. The second-order valence-corrected chi connectivity index (χ2v) is 6.41. The van der Waals surface area contributed by atoms with E-state index in [0.29, 0.717) is 17.2 Å². The standard InChI is InChI=1S/C19H16ClFN2O6/c20-14-7-11(8-15-18(14)29-10-28-15)19(26)27-9-17(25)23(6-5-16(22)24)13-3-1-12(21)2-4-13/h1-4,7-8H,5-6,9-10H2,(H2,22,24). The average Bonchev–Trinajstić information content (AvgIpc) is 3.16. The summed E-state index contributed by atoms with van der Waals surface area (Å²) in [4.78, 5) is 37.1. The van der Waals surface area contributed by atoms with E-state index in [9.17, 15) is 18.8 Å². The number of hydrogen-bond acceptors (Lipinski definition) is 6. The van der Waals surface area contributed by atoms with E-state index >= 15 is 0 Å². The summed E-state index contributed by atoms with van der Waals surface area (Å²) < 4.78 is 28.6. The van der Waals surface area contributed by atoms with Crippen LogP contribution in [0, 0.1) is 5.82 Å². The molecule has 0 radical (unpaired) electrons. The lowest BCUT2D eigenvalue weighted by atomic mass is 10.2. The van der Waals surface area contributed by atoms with E-state index < -0.39 is 30.2 Å². The zero-order valence-corrected chi connectivity index (χ0v) is 15.8. The maximum absolute atomic E-state index is 13.2. The Morgan fingerprint density at radius 2 is 1.90 bits per heavy atom. The van der Waals surface area contributed by atoms with Gasteiger partial charge >= 0.3 is 5.97 Å². The molecule has 0 aromatic heterocycles. The van der Waals surface area contributed by atoms with Crippen LogP contribution in [0.4, 0.5) is 10.1 Å². The van der Waals surface area contributed by atoms with Crippen LogP contribution in [0.2, 0.25) is 5.02 Å². The molecular formula is C19H16ClFN2O6. The van der Waals surface area contributed by atoms with Crippen molar-refractivity contribution in [2.24, 2.45) is 5.73 Å². The fourth-order valence-electron chi connectivity index (χ4n) is 2.61. The first-order valence-electron chi connectivity index (χ1n) is 8.45. The van der Waals surface area contributed by atoms with Crippen molar-refractivity contribution < 1.29 is 33.0 Å². The van der Waals surface area contributed by atoms with Gasteiger partial charge in [-0.3, -0.25) is 9.59 Å². The van der Waals surface area contributed by atoms with Crippen molar-refractivity contribution in [2.45, 2.75) is 6.42 Å². The lowest BCUT2D eigenvalue weighted by molar-refractivity contribution is -0.121. The molecule has 1 aliphatic rings. The molecule has 0 bridgehead atoms. The number of amides is 2. The summed E-state index contributed by atoms with van der Waals surface area (Å²) in [6.45, 7) is -0.674. The molecule has 0 aliphatic carbocycles. The predicted octanol–water partition coefficient (Wildman–Crippen LogP) is 2.27. The summed E-state index contributed by atoms with van der Waals surface area (Å²) >= 11 is 6.03. The van der Waals surface area contributed by atoms with Crippen LogP contribution in [0.25, 0.3) is 0 Å². The second-order valence-electron chi connectivity index (χ2n) is 6.01. The predicted molar refractivity (Wildman–Crippen MR) is 100 cm³/mol. The lowest BCUT2D eigenvalue weighted by Gasteiger charge is -2.22. The topological polar surface area (TPSA) is 108 Å². The van der Waals surface area contributed by atoms with Gasteiger partial charge < -0.3 is 24.8 Å². The van der Waals surface area contributed by atoms with E-state index in [4.69, 9.17) is 31.5 Å². The van der Waals surface area contributed by atoms with Gasteiger partial charge in [-0.1, -0.05) is 11.6 Å². The summed E-state index contributed by atoms with van der Waals surface area (Å²) in [5.74, 6) is -1.89. The number of halogens is 2. The van der Waals surface area contributed by atoms with Crippen LogP contribution >= 0.6 is 11.6 Å². The van der Waals surface area contributed by atoms with Crippen molar-refractivity contribution in [1.29, 1.82) is 0 Å².